The predicted octanol–water partition coefficient (Wildman–Crippen LogP) is 2.72. The Labute approximate surface area is 169 Å². The van der Waals surface area contributed by atoms with Crippen LogP contribution in [0.25, 0.3) is 5.69 Å². The van der Waals surface area contributed by atoms with Crippen LogP contribution in [0.1, 0.15) is 17.0 Å². The first-order valence-corrected chi connectivity index (χ1v) is 8.62. The minimum atomic E-state index is -4.57. The van der Waals surface area contributed by atoms with Crippen molar-refractivity contribution >= 4 is 17.5 Å². The minimum absolute atomic E-state index is 0.0275. The first kappa shape index (κ1) is 21.2. The molecule has 13 heteroatoms. The van der Waals surface area contributed by atoms with Crippen LogP contribution in [0.2, 0.25) is 0 Å². The van der Waals surface area contributed by atoms with Crippen molar-refractivity contribution in [2.75, 3.05) is 31.9 Å². The van der Waals surface area contributed by atoms with E-state index in [1.807, 2.05) is 6.92 Å². The van der Waals surface area contributed by atoms with Gasteiger partial charge in [0.1, 0.15) is 23.7 Å². The van der Waals surface area contributed by atoms with Gasteiger partial charge in [-0.05, 0) is 29.0 Å². The highest BCUT2D eigenvalue weighted by molar-refractivity contribution is 5.68. The van der Waals surface area contributed by atoms with Gasteiger partial charge >= 0.3 is 6.18 Å². The molecule has 160 valence electrons. The topological polar surface area (TPSA) is 112 Å². The van der Waals surface area contributed by atoms with Crippen molar-refractivity contribution < 1.29 is 22.6 Å². The third kappa shape index (κ3) is 4.25. The molecule has 3 aromatic rings. The molecule has 0 aliphatic heterocycles. The highest BCUT2D eigenvalue weighted by Gasteiger charge is 2.35. The van der Waals surface area contributed by atoms with Crippen LogP contribution in [0.5, 0.6) is 5.75 Å². The Kier molecular flexibility index (Phi) is 6.01. The lowest BCUT2D eigenvalue weighted by molar-refractivity contribution is -0.137. The molecule has 0 unspecified atom stereocenters. The van der Waals surface area contributed by atoms with Crippen LogP contribution in [-0.4, -0.2) is 51.4 Å². The number of methoxy groups -OCH3 is 2. The number of hydrogen-bond donors (Lipinski definition) is 2. The van der Waals surface area contributed by atoms with E-state index in [0.29, 0.717) is 29.1 Å². The van der Waals surface area contributed by atoms with Crippen LogP contribution in [-0.2, 0) is 17.5 Å². The Morgan fingerprint density at radius 3 is 2.60 bits per heavy atom. The fourth-order valence-corrected chi connectivity index (χ4v) is 2.74. The molecule has 3 rings (SSSR count). The molecule has 0 saturated heterocycles. The fraction of sp³-hybridized carbons (Fsp3) is 0.353. The lowest BCUT2D eigenvalue weighted by atomic mass is 10.1. The Morgan fingerprint density at radius 2 is 1.97 bits per heavy atom. The molecule has 0 saturated carbocycles. The summed E-state index contributed by atoms with van der Waals surface area (Å²) in [6, 6.07) is 3.42. The maximum absolute atomic E-state index is 13.0. The zero-order valence-electron chi connectivity index (χ0n) is 16.6. The fourth-order valence-electron chi connectivity index (χ4n) is 2.74. The first-order valence-electron chi connectivity index (χ1n) is 8.62. The van der Waals surface area contributed by atoms with Crippen LogP contribution in [0.4, 0.5) is 30.6 Å². The number of halogens is 3. The second kappa shape index (κ2) is 8.49. The average Bonchev–Trinajstić information content (AvgIpc) is 3.15. The molecule has 2 aromatic heterocycles. The van der Waals surface area contributed by atoms with Gasteiger partial charge < -0.3 is 20.1 Å². The van der Waals surface area contributed by atoms with Crippen molar-refractivity contribution in [3.63, 3.8) is 0 Å². The molecule has 2 heterocycles. The number of anilines is 3. The maximum Gasteiger partial charge on any atom is 0.421 e. The first-order chi connectivity index (χ1) is 14.3. The zero-order valence-corrected chi connectivity index (χ0v) is 16.6. The van der Waals surface area contributed by atoms with Crippen molar-refractivity contribution in [1.29, 1.82) is 0 Å². The average molecular weight is 424 g/mol. The largest absolute Gasteiger partial charge is 0.494 e. The lowest BCUT2D eigenvalue weighted by Gasteiger charge is -2.16. The SMILES string of the molecule is CNc1nc(Nc2cc(C)c(-n3nnnc3COC)cc2OC)ncc1C(F)(F)F. The monoisotopic (exact) mass is 424 g/mol. The van der Waals surface area contributed by atoms with Gasteiger partial charge in [0.15, 0.2) is 5.82 Å². The van der Waals surface area contributed by atoms with Crippen LogP contribution in [0.3, 0.4) is 0 Å². The molecule has 0 atom stereocenters. The van der Waals surface area contributed by atoms with Gasteiger partial charge in [0.05, 0.1) is 18.5 Å². The number of hydrogen-bond acceptors (Lipinski definition) is 9. The van der Waals surface area contributed by atoms with Gasteiger partial charge in [0, 0.05) is 26.4 Å². The molecule has 0 aliphatic rings. The number of alkyl halides is 3. The summed E-state index contributed by atoms with van der Waals surface area (Å²) in [5.74, 6) is 0.516. The third-order valence-electron chi connectivity index (χ3n) is 4.13. The highest BCUT2D eigenvalue weighted by Crippen LogP contribution is 2.35. The van der Waals surface area contributed by atoms with Crippen LogP contribution >= 0.6 is 0 Å². The molecule has 10 nitrogen and oxygen atoms in total. The van der Waals surface area contributed by atoms with Crippen molar-refractivity contribution in [3.8, 4) is 11.4 Å². The number of benzene rings is 1. The van der Waals surface area contributed by atoms with Crippen LogP contribution < -0.4 is 15.4 Å². The van der Waals surface area contributed by atoms with Crippen LogP contribution in [0.15, 0.2) is 18.3 Å². The molecule has 2 N–H and O–H groups in total. The lowest BCUT2D eigenvalue weighted by Crippen LogP contribution is -2.13. The number of tetrazole rings is 1. The maximum atomic E-state index is 13.0. The number of rotatable bonds is 7. The van der Waals surface area contributed by atoms with Gasteiger partial charge in [-0.1, -0.05) is 0 Å². The predicted molar refractivity (Wildman–Crippen MR) is 101 cm³/mol. The van der Waals surface area contributed by atoms with Gasteiger partial charge in [-0.15, -0.1) is 5.10 Å². The third-order valence-corrected chi connectivity index (χ3v) is 4.13. The molecule has 30 heavy (non-hydrogen) atoms. The second-order valence-electron chi connectivity index (χ2n) is 6.11. The molecule has 1 aromatic carbocycles. The van der Waals surface area contributed by atoms with E-state index in [1.54, 1.807) is 12.1 Å². The highest BCUT2D eigenvalue weighted by atomic mass is 19.4. The van der Waals surface area contributed by atoms with E-state index in [1.165, 1.54) is 25.9 Å². The summed E-state index contributed by atoms with van der Waals surface area (Å²) < 4.78 is 51.2. The molecule has 0 bridgehead atoms. The number of ether oxygens (including phenoxy) is 2. The summed E-state index contributed by atoms with van der Waals surface area (Å²) in [4.78, 5) is 7.68. The van der Waals surface area contributed by atoms with Crippen LogP contribution in [0, 0.1) is 6.92 Å². The Hall–Kier alpha value is -3.48. The smallest absolute Gasteiger partial charge is 0.421 e. The molecule has 0 spiro atoms. The standard InChI is InChI=1S/C17H19F3N8O2/c1-9-5-11(23-16-22-7-10(17(18,19)20)15(21-2)24-16)13(30-4)6-12(9)28-14(8-29-3)25-26-27-28/h5-7H,8H2,1-4H3,(H2,21,22,23,24). The van der Waals surface area contributed by atoms with Gasteiger partial charge in [0.25, 0.3) is 0 Å². The normalized spacial score (nSPS) is 11.4. The number of nitrogens with one attached hydrogen (secondary N) is 2. The van der Waals surface area contributed by atoms with Crippen molar-refractivity contribution in [2.24, 2.45) is 0 Å². The van der Waals surface area contributed by atoms with E-state index in [0.717, 1.165) is 5.56 Å². The summed E-state index contributed by atoms with van der Waals surface area (Å²) in [5, 5.41) is 16.9. The van der Waals surface area contributed by atoms with Gasteiger partial charge in [-0.3, -0.25) is 0 Å². The molecular weight excluding hydrogens is 405 g/mol. The summed E-state index contributed by atoms with van der Waals surface area (Å²) in [5.41, 5.74) is 0.919. The summed E-state index contributed by atoms with van der Waals surface area (Å²) in [6.07, 6.45) is -3.86. The summed E-state index contributed by atoms with van der Waals surface area (Å²) >= 11 is 0. The molecular formula is C17H19F3N8O2. The van der Waals surface area contributed by atoms with E-state index >= 15 is 0 Å². The van der Waals surface area contributed by atoms with E-state index in [-0.39, 0.29) is 18.4 Å². The van der Waals surface area contributed by atoms with Gasteiger partial charge in [0.2, 0.25) is 5.95 Å². The zero-order chi connectivity index (χ0) is 21.9. The summed E-state index contributed by atoms with van der Waals surface area (Å²) in [6.45, 7) is 2.03. The Balaban J connectivity index is 1.98. The number of nitrogens with zero attached hydrogens (tertiary/aromatic N) is 6. The summed E-state index contributed by atoms with van der Waals surface area (Å²) in [7, 11) is 4.34. The van der Waals surface area contributed by atoms with Gasteiger partial charge in [-0.2, -0.15) is 22.8 Å². The number of aryl methyl sites for hydroxylation is 1. The molecule has 0 aliphatic carbocycles. The van der Waals surface area contributed by atoms with Crippen molar-refractivity contribution in [1.82, 2.24) is 30.2 Å². The molecule has 0 fully saturated rings. The van der Waals surface area contributed by atoms with Crippen molar-refractivity contribution in [3.05, 3.63) is 35.3 Å². The number of aromatic nitrogens is 6. The van der Waals surface area contributed by atoms with E-state index in [9.17, 15) is 13.2 Å². The second-order valence-corrected chi connectivity index (χ2v) is 6.11. The Morgan fingerprint density at radius 1 is 1.20 bits per heavy atom. The van der Waals surface area contributed by atoms with E-state index < -0.39 is 11.7 Å². The minimum Gasteiger partial charge on any atom is -0.494 e. The van der Waals surface area contributed by atoms with E-state index in [2.05, 4.69) is 36.1 Å². The Bertz CT molecular complexity index is 1040. The van der Waals surface area contributed by atoms with Gasteiger partial charge in [-0.25, -0.2) is 4.98 Å². The quantitative estimate of drug-likeness (QED) is 0.591. The van der Waals surface area contributed by atoms with Crippen molar-refractivity contribution in [2.45, 2.75) is 19.7 Å². The van der Waals surface area contributed by atoms with E-state index in [4.69, 9.17) is 9.47 Å². The molecule has 0 amide bonds. The molecule has 0 radical (unpaired) electrons.